The number of nitrogens with zero attached hydrogens (tertiary/aromatic N) is 3. The number of β-amino-alcohol motifs (C(OH)–C–C–N with tert-alkyl or cyclic N) is 1. The zero-order valence-electron chi connectivity index (χ0n) is 14.8. The molecule has 0 amide bonds. The van der Waals surface area contributed by atoms with Crippen LogP contribution in [-0.2, 0) is 12.4 Å². The number of aliphatic hydroxyl groups is 1. The molecule has 0 radical (unpaired) electrons. The van der Waals surface area contributed by atoms with Crippen molar-refractivity contribution in [1.29, 1.82) is 0 Å². The Morgan fingerprint density at radius 3 is 2.55 bits per heavy atom. The van der Waals surface area contributed by atoms with Crippen molar-refractivity contribution in [3.8, 4) is 0 Å². The van der Waals surface area contributed by atoms with Gasteiger partial charge < -0.3 is 15.0 Å². The van der Waals surface area contributed by atoms with Crippen LogP contribution < -0.4 is 5.32 Å². The van der Waals surface area contributed by atoms with E-state index in [0.29, 0.717) is 25.6 Å². The minimum absolute atomic E-state index is 0.0609. The molecule has 11 heteroatoms. The predicted octanol–water partition coefficient (Wildman–Crippen LogP) is 3.91. The van der Waals surface area contributed by atoms with Gasteiger partial charge in [0.25, 0.3) is 0 Å². The summed E-state index contributed by atoms with van der Waals surface area (Å²) >= 11 is 0. The number of pyridine rings is 2. The maximum Gasteiger partial charge on any atom is 0.433 e. The van der Waals surface area contributed by atoms with Gasteiger partial charge in [0.2, 0.25) is 0 Å². The summed E-state index contributed by atoms with van der Waals surface area (Å²) in [4.78, 5) is 7.52. The molecule has 0 unspecified atom stereocenters. The summed E-state index contributed by atoms with van der Waals surface area (Å²) in [7, 11) is 0. The SMILES string of the molecule is O[C@H]1CNCCC[C@@H]1n1c2ccc(C(F)(F)F)nc2c2cc(C(F)(F)F)cnc21. The highest BCUT2D eigenvalue weighted by molar-refractivity contribution is 6.04. The first-order valence-corrected chi connectivity index (χ1v) is 8.91. The molecule has 1 aliphatic rings. The number of aromatic nitrogens is 3. The largest absolute Gasteiger partial charge is 0.433 e. The van der Waals surface area contributed by atoms with Gasteiger partial charge in [-0.1, -0.05) is 0 Å². The van der Waals surface area contributed by atoms with E-state index in [-0.39, 0.29) is 28.6 Å². The van der Waals surface area contributed by atoms with Crippen LogP contribution in [0.1, 0.15) is 30.1 Å². The summed E-state index contributed by atoms with van der Waals surface area (Å²) in [6, 6.07) is 2.15. The number of rotatable bonds is 1. The summed E-state index contributed by atoms with van der Waals surface area (Å²) < 4.78 is 80.5. The molecule has 0 spiro atoms. The van der Waals surface area contributed by atoms with Gasteiger partial charge in [-0.15, -0.1) is 0 Å². The van der Waals surface area contributed by atoms with Gasteiger partial charge >= 0.3 is 12.4 Å². The van der Waals surface area contributed by atoms with Gasteiger partial charge in [-0.2, -0.15) is 26.3 Å². The lowest BCUT2D eigenvalue weighted by Crippen LogP contribution is -2.31. The Labute approximate surface area is 160 Å². The molecule has 2 atom stereocenters. The number of hydrogen-bond acceptors (Lipinski definition) is 4. The van der Waals surface area contributed by atoms with Crippen LogP contribution in [0.5, 0.6) is 0 Å². The highest BCUT2D eigenvalue weighted by atomic mass is 19.4. The minimum Gasteiger partial charge on any atom is -0.390 e. The lowest BCUT2D eigenvalue weighted by molar-refractivity contribution is -0.141. The van der Waals surface area contributed by atoms with Gasteiger partial charge in [-0.05, 0) is 37.6 Å². The van der Waals surface area contributed by atoms with Crippen molar-refractivity contribution in [2.24, 2.45) is 0 Å². The van der Waals surface area contributed by atoms with Crippen LogP contribution in [0, 0.1) is 0 Å². The van der Waals surface area contributed by atoms with E-state index >= 15 is 0 Å². The molecular formula is C18H16F6N4O. The van der Waals surface area contributed by atoms with E-state index in [1.54, 1.807) is 0 Å². The highest BCUT2D eigenvalue weighted by Crippen LogP contribution is 2.38. The van der Waals surface area contributed by atoms with Crippen LogP contribution in [0.15, 0.2) is 24.4 Å². The average molecular weight is 418 g/mol. The zero-order chi connectivity index (χ0) is 21.0. The van der Waals surface area contributed by atoms with E-state index in [9.17, 15) is 31.4 Å². The monoisotopic (exact) mass is 418 g/mol. The predicted molar refractivity (Wildman–Crippen MR) is 92.2 cm³/mol. The smallest absolute Gasteiger partial charge is 0.390 e. The molecule has 0 aromatic carbocycles. The standard InChI is InChI=1S/C18H16F6N4O/c19-17(20,21)9-6-10-15-12(3-4-14(27-15)18(22,23)24)28(16(10)26-7-9)11-2-1-5-25-8-13(11)29/h3-4,6-7,11,13,25,29H,1-2,5,8H2/t11-,13-/m0/s1. The third-order valence-corrected chi connectivity index (χ3v) is 5.08. The molecule has 0 aliphatic carbocycles. The Morgan fingerprint density at radius 1 is 1.10 bits per heavy atom. The quantitative estimate of drug-likeness (QED) is 0.589. The second-order valence-electron chi connectivity index (χ2n) is 7.01. The minimum atomic E-state index is -4.75. The van der Waals surface area contributed by atoms with Crippen LogP contribution in [-0.4, -0.2) is 38.8 Å². The first kappa shape index (κ1) is 19.9. The van der Waals surface area contributed by atoms with Gasteiger partial charge in [0.05, 0.1) is 28.7 Å². The molecular weight excluding hydrogens is 402 g/mol. The lowest BCUT2D eigenvalue weighted by atomic mass is 10.1. The summed E-state index contributed by atoms with van der Waals surface area (Å²) in [5.74, 6) is 0. The van der Waals surface area contributed by atoms with Gasteiger partial charge in [0.1, 0.15) is 11.3 Å². The average Bonchev–Trinajstić information content (AvgIpc) is 2.80. The first-order chi connectivity index (χ1) is 13.6. The van der Waals surface area contributed by atoms with Crippen LogP contribution in [0.25, 0.3) is 22.1 Å². The normalized spacial score (nSPS) is 21.6. The Kier molecular flexibility index (Phi) is 4.69. The van der Waals surface area contributed by atoms with Crippen molar-refractivity contribution in [2.45, 2.75) is 37.3 Å². The number of aliphatic hydroxyl groups excluding tert-OH is 1. The van der Waals surface area contributed by atoms with Crippen LogP contribution in [0.4, 0.5) is 26.3 Å². The maximum atomic E-state index is 13.2. The van der Waals surface area contributed by atoms with Gasteiger partial charge in [-0.25, -0.2) is 9.97 Å². The molecule has 5 nitrogen and oxygen atoms in total. The van der Waals surface area contributed by atoms with Crippen molar-refractivity contribution in [2.75, 3.05) is 13.1 Å². The number of halogens is 6. The molecule has 0 saturated carbocycles. The van der Waals surface area contributed by atoms with Crippen molar-refractivity contribution in [1.82, 2.24) is 19.9 Å². The highest BCUT2D eigenvalue weighted by Gasteiger charge is 2.36. The van der Waals surface area contributed by atoms with Crippen molar-refractivity contribution in [3.05, 3.63) is 35.7 Å². The molecule has 1 aliphatic heterocycles. The number of hydrogen-bond donors (Lipinski definition) is 2. The fourth-order valence-corrected chi connectivity index (χ4v) is 3.75. The van der Waals surface area contributed by atoms with E-state index in [1.165, 1.54) is 10.6 Å². The number of nitrogens with one attached hydrogen (secondary N) is 1. The van der Waals surface area contributed by atoms with E-state index in [0.717, 1.165) is 12.1 Å². The number of alkyl halides is 6. The topological polar surface area (TPSA) is 63.0 Å². The second kappa shape index (κ2) is 6.84. The van der Waals surface area contributed by atoms with Crippen LogP contribution in [0.2, 0.25) is 0 Å². The van der Waals surface area contributed by atoms with E-state index in [4.69, 9.17) is 0 Å². The Bertz CT molecular complexity index is 987. The molecule has 2 N–H and O–H groups in total. The van der Waals surface area contributed by atoms with Crippen LogP contribution in [0.3, 0.4) is 0 Å². The number of fused-ring (bicyclic) bond motifs is 3. The molecule has 1 fully saturated rings. The molecule has 29 heavy (non-hydrogen) atoms. The second-order valence-corrected chi connectivity index (χ2v) is 7.01. The molecule has 3 aromatic rings. The molecule has 0 bridgehead atoms. The van der Waals surface area contributed by atoms with Crippen molar-refractivity contribution >= 4 is 22.1 Å². The Hall–Kier alpha value is -2.40. The molecule has 3 aromatic heterocycles. The molecule has 156 valence electrons. The van der Waals surface area contributed by atoms with E-state index in [1.807, 2.05) is 0 Å². The summed E-state index contributed by atoms with van der Waals surface area (Å²) in [6.45, 7) is 0.896. The van der Waals surface area contributed by atoms with E-state index in [2.05, 4.69) is 15.3 Å². The fraction of sp³-hybridized carbons (Fsp3) is 0.444. The van der Waals surface area contributed by atoms with Gasteiger partial charge in [0, 0.05) is 18.1 Å². The summed E-state index contributed by atoms with van der Waals surface area (Å²) in [6.07, 6.45) is -8.53. The molecule has 4 heterocycles. The molecule has 4 rings (SSSR count). The summed E-state index contributed by atoms with van der Waals surface area (Å²) in [5.41, 5.74) is -2.25. The Balaban J connectivity index is 2.03. The third-order valence-electron chi connectivity index (χ3n) is 5.08. The maximum absolute atomic E-state index is 13.2. The lowest BCUT2D eigenvalue weighted by Gasteiger charge is -2.23. The molecule has 1 saturated heterocycles. The van der Waals surface area contributed by atoms with Crippen molar-refractivity contribution in [3.63, 3.8) is 0 Å². The summed E-state index contributed by atoms with van der Waals surface area (Å²) in [5, 5.41) is 13.4. The zero-order valence-corrected chi connectivity index (χ0v) is 14.8. The fourth-order valence-electron chi connectivity index (χ4n) is 3.75. The van der Waals surface area contributed by atoms with Crippen molar-refractivity contribution < 1.29 is 31.4 Å². The van der Waals surface area contributed by atoms with Gasteiger partial charge in [-0.3, -0.25) is 0 Å². The van der Waals surface area contributed by atoms with E-state index < -0.39 is 35.8 Å². The van der Waals surface area contributed by atoms with Crippen LogP contribution >= 0.6 is 0 Å². The third kappa shape index (κ3) is 3.52. The Morgan fingerprint density at radius 2 is 1.86 bits per heavy atom. The van der Waals surface area contributed by atoms with Gasteiger partial charge in [0.15, 0.2) is 0 Å². The first-order valence-electron chi connectivity index (χ1n) is 8.91.